The molecule has 0 saturated carbocycles. The van der Waals surface area contributed by atoms with Gasteiger partial charge in [0.1, 0.15) is 0 Å². The van der Waals surface area contributed by atoms with Crippen LogP contribution >= 0.6 is 0 Å². The Labute approximate surface area is 50.0 Å². The Morgan fingerprint density at radius 2 is 2.33 bits per heavy atom. The van der Waals surface area contributed by atoms with E-state index >= 15 is 0 Å². The first kappa shape index (κ1) is 0.752. The zero-order chi connectivity index (χ0) is 11.4. The van der Waals surface area contributed by atoms with E-state index in [1.807, 2.05) is 0 Å². The smallest absolute Gasteiger partial charge is 0.0428 e. The van der Waals surface area contributed by atoms with E-state index in [-0.39, 0.29) is 0 Å². The standard InChI is InChI=1S/C5H11N/c1-2-4-6-5-3-1/h6H,1-5H2/i1D,2D,3D2,4D2,5D2. The Morgan fingerprint density at radius 3 is 3.33 bits per heavy atom. The fraction of sp³-hybridized carbons (Fsp3) is 1.00. The minimum Gasteiger partial charge on any atom is -0.317 e. The van der Waals surface area contributed by atoms with E-state index < -0.39 is 32.2 Å². The van der Waals surface area contributed by atoms with Crippen LogP contribution in [0.2, 0.25) is 0 Å². The van der Waals surface area contributed by atoms with Crippen LogP contribution < -0.4 is 5.32 Å². The van der Waals surface area contributed by atoms with Crippen LogP contribution in [0.3, 0.4) is 0 Å². The van der Waals surface area contributed by atoms with Crippen molar-refractivity contribution in [1.29, 1.82) is 0 Å². The van der Waals surface area contributed by atoms with Crippen LogP contribution in [0.1, 0.15) is 30.1 Å². The normalized spacial score (nSPS) is 93.3. The molecule has 0 bridgehead atoms. The van der Waals surface area contributed by atoms with Crippen molar-refractivity contribution >= 4 is 0 Å². The number of hydrogen-bond acceptors (Lipinski definition) is 1. The zero-order valence-electron chi connectivity index (χ0n) is 11.2. The topological polar surface area (TPSA) is 12.0 Å². The van der Waals surface area contributed by atoms with Crippen molar-refractivity contribution in [3.05, 3.63) is 0 Å². The van der Waals surface area contributed by atoms with Gasteiger partial charge in [0, 0.05) is 11.0 Å². The summed E-state index contributed by atoms with van der Waals surface area (Å²) in [6, 6.07) is 0. The Balaban J connectivity index is 3.09. The molecule has 1 aliphatic heterocycles. The van der Waals surface area contributed by atoms with Gasteiger partial charge >= 0.3 is 0 Å². The quantitative estimate of drug-likeness (QED) is 0.466. The molecule has 0 spiro atoms. The van der Waals surface area contributed by atoms with Gasteiger partial charge in [0.15, 0.2) is 0 Å². The average molecular weight is 93.2 g/mol. The second kappa shape index (κ2) is 2.19. The van der Waals surface area contributed by atoms with Crippen LogP contribution in [0.4, 0.5) is 0 Å². The van der Waals surface area contributed by atoms with Gasteiger partial charge in [-0.1, -0.05) is 6.40 Å². The molecule has 1 heteroatoms. The largest absolute Gasteiger partial charge is 0.317 e. The summed E-state index contributed by atoms with van der Waals surface area (Å²) in [6.07, 6.45) is -5.99. The van der Waals surface area contributed by atoms with Crippen molar-refractivity contribution < 1.29 is 11.0 Å². The number of piperidine rings is 1. The van der Waals surface area contributed by atoms with Gasteiger partial charge in [-0.15, -0.1) is 0 Å². The highest BCUT2D eigenvalue weighted by Gasteiger charge is 1.93. The number of hydrogen-bond donors (Lipinski definition) is 1. The van der Waals surface area contributed by atoms with E-state index in [1.165, 1.54) is 0 Å². The SMILES string of the molecule is [2H]C1C([2H])C([2H])([2H])C([2H])([2H])NC1([2H])[2H]. The molecule has 36 valence electrons. The summed E-state index contributed by atoms with van der Waals surface area (Å²) in [5.74, 6) is 0. The lowest BCUT2D eigenvalue weighted by Gasteiger charge is -2.08. The minimum absolute atomic E-state index is 1.65. The highest BCUT2D eigenvalue weighted by molar-refractivity contribution is 4.55. The van der Waals surface area contributed by atoms with Crippen molar-refractivity contribution in [2.75, 3.05) is 13.0 Å². The number of rotatable bonds is 0. The van der Waals surface area contributed by atoms with E-state index in [9.17, 15) is 0 Å². The van der Waals surface area contributed by atoms with Gasteiger partial charge in [-0.25, -0.2) is 0 Å². The molecule has 1 aliphatic rings. The van der Waals surface area contributed by atoms with Gasteiger partial charge in [-0.2, -0.15) is 0 Å². The Morgan fingerprint density at radius 1 is 1.33 bits per heavy atom. The Hall–Kier alpha value is -0.0400. The fourth-order valence-corrected chi connectivity index (χ4v) is 0.239. The molecule has 1 heterocycles. The molecule has 0 radical (unpaired) electrons. The molecule has 2 atom stereocenters. The highest BCUT2D eigenvalue weighted by atomic mass is 14.9. The monoisotopic (exact) mass is 93.1 g/mol. The summed E-state index contributed by atoms with van der Waals surface area (Å²) in [5.41, 5.74) is 0. The van der Waals surface area contributed by atoms with Crippen molar-refractivity contribution in [2.24, 2.45) is 0 Å². The first-order valence-electron chi connectivity index (χ1n) is 5.82. The van der Waals surface area contributed by atoms with Crippen LogP contribution in [0.15, 0.2) is 0 Å². The molecule has 0 amide bonds. The molecule has 1 saturated heterocycles. The Kier molecular flexibility index (Phi) is 0.275. The summed E-state index contributed by atoms with van der Waals surface area (Å²) >= 11 is 0. The molecule has 1 N–H and O–H groups in total. The molecule has 1 nitrogen and oxygen atoms in total. The number of nitrogens with one attached hydrogen (secondary N) is 1. The molecule has 2 unspecified atom stereocenters. The third-order valence-electron chi connectivity index (χ3n) is 0.457. The van der Waals surface area contributed by atoms with Crippen LogP contribution in [-0.4, -0.2) is 13.0 Å². The maximum Gasteiger partial charge on any atom is 0.0428 e. The van der Waals surface area contributed by atoms with Crippen LogP contribution in [-0.2, 0) is 0 Å². The molecule has 1 fully saturated rings. The first-order valence-corrected chi connectivity index (χ1v) is 1.66. The summed E-state index contributed by atoms with van der Waals surface area (Å²) in [7, 11) is 0. The van der Waals surface area contributed by atoms with E-state index in [1.54, 1.807) is 5.32 Å². The van der Waals surface area contributed by atoms with Crippen molar-refractivity contribution in [3.8, 4) is 0 Å². The summed E-state index contributed by atoms with van der Waals surface area (Å²) in [4.78, 5) is 0. The van der Waals surface area contributed by atoms with Gasteiger partial charge < -0.3 is 5.32 Å². The average Bonchev–Trinajstić information content (AvgIpc) is 1.97. The maximum atomic E-state index is 7.31. The second-order valence-corrected chi connectivity index (χ2v) is 0.872. The van der Waals surface area contributed by atoms with Crippen molar-refractivity contribution in [3.63, 3.8) is 0 Å². The van der Waals surface area contributed by atoms with Gasteiger partial charge in [-0.05, 0) is 25.8 Å². The maximum absolute atomic E-state index is 7.31. The molecule has 0 aliphatic carbocycles. The molecule has 0 aromatic rings. The molecular weight excluding hydrogens is 74.1 g/mol. The molecular formula is C5H11N. The molecule has 0 aromatic heterocycles. The fourth-order valence-electron chi connectivity index (χ4n) is 0.239. The summed E-state index contributed by atoms with van der Waals surface area (Å²) in [6.45, 7) is -5.03. The zero-order valence-corrected chi connectivity index (χ0v) is 3.15. The van der Waals surface area contributed by atoms with Gasteiger partial charge in [0.2, 0.25) is 0 Å². The second-order valence-electron chi connectivity index (χ2n) is 0.872. The first-order chi connectivity index (χ1) is 6.02. The van der Waals surface area contributed by atoms with Gasteiger partial charge in [0.05, 0.1) is 0 Å². The molecule has 0 aromatic carbocycles. The predicted octanol–water partition coefficient (Wildman–Crippen LogP) is 0.760. The lowest BCUT2D eigenvalue weighted by atomic mass is 10.2. The van der Waals surface area contributed by atoms with Gasteiger partial charge in [-0.3, -0.25) is 0 Å². The predicted molar refractivity (Wildman–Crippen MR) is 26.7 cm³/mol. The molecule has 6 heavy (non-hydrogen) atoms. The Bertz CT molecular complexity index is 238. The van der Waals surface area contributed by atoms with E-state index in [4.69, 9.17) is 11.0 Å². The third kappa shape index (κ3) is 0.977. The van der Waals surface area contributed by atoms with E-state index in [2.05, 4.69) is 0 Å². The third-order valence-corrected chi connectivity index (χ3v) is 0.457. The van der Waals surface area contributed by atoms with Crippen LogP contribution in [0.25, 0.3) is 0 Å². The lowest BCUT2D eigenvalue weighted by molar-refractivity contribution is 0.520. The van der Waals surface area contributed by atoms with Crippen molar-refractivity contribution in [1.82, 2.24) is 5.32 Å². The van der Waals surface area contributed by atoms with E-state index in [0.717, 1.165) is 0 Å². The van der Waals surface area contributed by atoms with Crippen LogP contribution in [0.5, 0.6) is 0 Å². The van der Waals surface area contributed by atoms with Gasteiger partial charge in [0.25, 0.3) is 0 Å². The molecule has 1 rings (SSSR count). The summed E-state index contributed by atoms with van der Waals surface area (Å²) in [5, 5.41) is 1.79. The summed E-state index contributed by atoms with van der Waals surface area (Å²) < 4.78 is 58.1. The van der Waals surface area contributed by atoms with Crippen molar-refractivity contribution in [2.45, 2.75) is 19.2 Å². The van der Waals surface area contributed by atoms with E-state index in [0.29, 0.717) is 0 Å². The highest BCUT2D eigenvalue weighted by Crippen LogP contribution is 1.96. The van der Waals surface area contributed by atoms with Crippen LogP contribution in [0, 0.1) is 0 Å². The lowest BCUT2D eigenvalue weighted by Crippen LogP contribution is -2.21. The minimum atomic E-state index is -2.64.